The Balaban J connectivity index is 2.01. The average molecular weight is 463 g/mol. The molecule has 0 spiro atoms. The summed E-state index contributed by atoms with van der Waals surface area (Å²) in [5.41, 5.74) is 2.24. The van der Waals surface area contributed by atoms with Crippen molar-refractivity contribution in [1.29, 1.82) is 0 Å². The Morgan fingerprint density at radius 2 is 0.647 bits per heavy atom. The fraction of sp³-hybridized carbons (Fsp3) is 0.706. The molecule has 0 atom stereocenters. The lowest BCUT2D eigenvalue weighted by Gasteiger charge is -2.00. The molecule has 0 saturated carbocycles. The molecular weight excluding hydrogens is 408 g/mol. The lowest BCUT2D eigenvalue weighted by molar-refractivity contribution is 0.558. The summed E-state index contributed by atoms with van der Waals surface area (Å²) >= 11 is 0. The summed E-state index contributed by atoms with van der Waals surface area (Å²) in [6.45, 7) is 4.57. The van der Waals surface area contributed by atoms with Crippen molar-refractivity contribution < 1.29 is 0 Å². The Morgan fingerprint density at radius 1 is 0.382 bits per heavy atom. The Morgan fingerprint density at radius 3 is 0.941 bits per heavy atom. The van der Waals surface area contributed by atoms with E-state index in [0.717, 1.165) is 24.0 Å². The molecule has 0 fully saturated rings. The summed E-state index contributed by atoms with van der Waals surface area (Å²) in [6.07, 6.45) is 29.7. The molecule has 190 valence electrons. The number of hydrogen-bond donors (Lipinski definition) is 0. The average Bonchev–Trinajstić information content (AvgIpc) is 2.86. The molecule has 0 aliphatic heterocycles. The molecule has 34 heavy (non-hydrogen) atoms. The van der Waals surface area contributed by atoms with Gasteiger partial charge in [0.05, 0.1) is 0 Å². The first-order valence-corrected chi connectivity index (χ1v) is 14.9. The van der Waals surface area contributed by atoms with Crippen LogP contribution in [-0.4, -0.2) is 0 Å². The van der Waals surface area contributed by atoms with Crippen LogP contribution in [0.2, 0.25) is 0 Å². The lowest BCUT2D eigenvalue weighted by atomic mass is 10.1. The quantitative estimate of drug-likeness (QED) is 0.133. The van der Waals surface area contributed by atoms with Gasteiger partial charge in [-0.2, -0.15) is 0 Å². The third-order valence-corrected chi connectivity index (χ3v) is 6.66. The zero-order chi connectivity index (χ0) is 24.4. The molecule has 1 rings (SSSR count). The fourth-order valence-electron chi connectivity index (χ4n) is 4.37. The minimum Gasteiger partial charge on any atom is -0.0979 e. The number of rotatable bonds is 20. The van der Waals surface area contributed by atoms with Gasteiger partial charge in [0, 0.05) is 24.0 Å². The minimum absolute atomic E-state index is 1.02. The smallest absolute Gasteiger partial charge is 0.0246 e. The predicted molar refractivity (Wildman–Crippen MR) is 153 cm³/mol. The maximum Gasteiger partial charge on any atom is 0.0246 e. The second-order valence-electron chi connectivity index (χ2n) is 10.0. The molecule has 1 aromatic carbocycles. The van der Waals surface area contributed by atoms with E-state index in [1.807, 2.05) is 0 Å². The van der Waals surface area contributed by atoms with Gasteiger partial charge in [-0.05, 0) is 37.1 Å². The normalized spacial score (nSPS) is 10.4. The van der Waals surface area contributed by atoms with Crippen molar-refractivity contribution in [2.75, 3.05) is 0 Å². The van der Waals surface area contributed by atoms with Gasteiger partial charge in [-0.25, -0.2) is 0 Å². The van der Waals surface area contributed by atoms with Gasteiger partial charge < -0.3 is 0 Å². The van der Waals surface area contributed by atoms with Crippen molar-refractivity contribution in [2.24, 2.45) is 0 Å². The molecule has 0 aliphatic rings. The van der Waals surface area contributed by atoms with Crippen molar-refractivity contribution in [3.8, 4) is 23.7 Å². The van der Waals surface area contributed by atoms with Crippen molar-refractivity contribution in [3.05, 3.63) is 35.4 Å². The van der Waals surface area contributed by atoms with Gasteiger partial charge in [-0.3, -0.25) is 0 Å². The van der Waals surface area contributed by atoms with E-state index in [2.05, 4.69) is 61.8 Å². The SMILES string of the molecule is CCCCCCCCCCCCC#Cc1ccc(C#CCCCCCCCCCCCC)cc1. The standard InChI is InChI=1S/C34H54/c1-3-5-7-9-11-13-15-17-19-21-23-25-27-33-29-31-34(32-30-33)28-26-24-22-20-18-16-14-12-10-8-6-4-2/h29-32H,3-24H2,1-2H3. The number of benzene rings is 1. The van der Waals surface area contributed by atoms with Gasteiger partial charge in [0.2, 0.25) is 0 Å². The van der Waals surface area contributed by atoms with Gasteiger partial charge in [0.25, 0.3) is 0 Å². The van der Waals surface area contributed by atoms with E-state index in [1.165, 1.54) is 128 Å². The first-order chi connectivity index (χ1) is 16.9. The summed E-state index contributed by atoms with van der Waals surface area (Å²) in [6, 6.07) is 8.48. The predicted octanol–water partition coefficient (Wildman–Crippen LogP) is 11.0. The van der Waals surface area contributed by atoms with Crippen LogP contribution in [0.15, 0.2) is 24.3 Å². The van der Waals surface area contributed by atoms with Gasteiger partial charge >= 0.3 is 0 Å². The van der Waals surface area contributed by atoms with Crippen LogP contribution in [0.1, 0.15) is 166 Å². The first-order valence-electron chi connectivity index (χ1n) is 14.9. The van der Waals surface area contributed by atoms with Gasteiger partial charge in [0.1, 0.15) is 0 Å². The summed E-state index contributed by atoms with van der Waals surface area (Å²) in [5, 5.41) is 0. The highest BCUT2D eigenvalue weighted by Gasteiger charge is 1.94. The molecule has 0 amide bonds. The molecule has 0 unspecified atom stereocenters. The van der Waals surface area contributed by atoms with Crippen LogP contribution in [0, 0.1) is 23.7 Å². The summed E-state index contributed by atoms with van der Waals surface area (Å²) < 4.78 is 0. The second-order valence-corrected chi connectivity index (χ2v) is 10.0. The van der Waals surface area contributed by atoms with Crippen LogP contribution >= 0.6 is 0 Å². The molecule has 0 aromatic heterocycles. The van der Waals surface area contributed by atoms with E-state index in [9.17, 15) is 0 Å². The van der Waals surface area contributed by atoms with Crippen molar-refractivity contribution in [3.63, 3.8) is 0 Å². The molecule has 0 N–H and O–H groups in total. The monoisotopic (exact) mass is 462 g/mol. The van der Waals surface area contributed by atoms with Crippen LogP contribution in [0.3, 0.4) is 0 Å². The van der Waals surface area contributed by atoms with E-state index in [0.29, 0.717) is 0 Å². The van der Waals surface area contributed by atoms with Crippen LogP contribution in [0.5, 0.6) is 0 Å². The molecule has 0 aliphatic carbocycles. The molecule has 0 heterocycles. The van der Waals surface area contributed by atoms with Crippen LogP contribution < -0.4 is 0 Å². The maximum atomic E-state index is 3.35. The molecular formula is C34H54. The Kier molecular flexibility index (Phi) is 21.9. The minimum atomic E-state index is 1.02. The van der Waals surface area contributed by atoms with Gasteiger partial charge in [-0.1, -0.05) is 153 Å². The summed E-state index contributed by atoms with van der Waals surface area (Å²) in [7, 11) is 0. The van der Waals surface area contributed by atoms with E-state index < -0.39 is 0 Å². The molecule has 0 heteroatoms. The first kappa shape index (κ1) is 30.4. The molecule has 1 aromatic rings. The molecule has 0 saturated heterocycles. The lowest BCUT2D eigenvalue weighted by Crippen LogP contribution is -1.82. The van der Waals surface area contributed by atoms with Gasteiger partial charge in [-0.15, -0.1) is 0 Å². The number of unbranched alkanes of at least 4 members (excludes halogenated alkanes) is 20. The third-order valence-electron chi connectivity index (χ3n) is 6.66. The highest BCUT2D eigenvalue weighted by Crippen LogP contribution is 2.12. The fourth-order valence-corrected chi connectivity index (χ4v) is 4.37. The van der Waals surface area contributed by atoms with Gasteiger partial charge in [0.15, 0.2) is 0 Å². The maximum absolute atomic E-state index is 3.35. The van der Waals surface area contributed by atoms with Crippen LogP contribution in [0.4, 0.5) is 0 Å². The zero-order valence-electron chi connectivity index (χ0n) is 22.9. The molecule has 0 nitrogen and oxygen atoms in total. The Hall–Kier alpha value is -1.66. The zero-order valence-corrected chi connectivity index (χ0v) is 22.9. The second kappa shape index (κ2) is 24.5. The van der Waals surface area contributed by atoms with E-state index in [4.69, 9.17) is 0 Å². The van der Waals surface area contributed by atoms with Crippen molar-refractivity contribution in [1.82, 2.24) is 0 Å². The van der Waals surface area contributed by atoms with Crippen LogP contribution in [0.25, 0.3) is 0 Å². The van der Waals surface area contributed by atoms with Crippen molar-refractivity contribution >= 4 is 0 Å². The highest BCUT2D eigenvalue weighted by molar-refractivity contribution is 5.41. The Bertz CT molecular complexity index is 612. The third kappa shape index (κ3) is 19.8. The van der Waals surface area contributed by atoms with E-state index in [-0.39, 0.29) is 0 Å². The van der Waals surface area contributed by atoms with E-state index >= 15 is 0 Å². The van der Waals surface area contributed by atoms with Crippen molar-refractivity contribution in [2.45, 2.75) is 155 Å². The largest absolute Gasteiger partial charge is 0.0979 e. The molecule has 0 radical (unpaired) electrons. The van der Waals surface area contributed by atoms with Crippen LogP contribution in [-0.2, 0) is 0 Å². The van der Waals surface area contributed by atoms with E-state index in [1.54, 1.807) is 0 Å². The summed E-state index contributed by atoms with van der Waals surface area (Å²) in [4.78, 5) is 0. The number of hydrogen-bond acceptors (Lipinski definition) is 0. The highest BCUT2D eigenvalue weighted by atomic mass is 14.0. The molecule has 0 bridgehead atoms. The topological polar surface area (TPSA) is 0 Å². The summed E-state index contributed by atoms with van der Waals surface area (Å²) in [5.74, 6) is 13.3. The Labute approximate surface area is 214 Å².